The van der Waals surface area contributed by atoms with Crippen LogP contribution in [-0.2, 0) is 11.8 Å². The van der Waals surface area contributed by atoms with E-state index in [9.17, 15) is 0 Å². The van der Waals surface area contributed by atoms with Gasteiger partial charge in [0.25, 0.3) is 0 Å². The summed E-state index contributed by atoms with van der Waals surface area (Å²) < 4.78 is 0. The van der Waals surface area contributed by atoms with Crippen molar-refractivity contribution < 1.29 is 0 Å². The molecule has 1 heteroatoms. The Morgan fingerprint density at radius 3 is 2.41 bits per heavy atom. The normalized spacial score (nSPS) is 12.7. The summed E-state index contributed by atoms with van der Waals surface area (Å²) in [6, 6.07) is 25.8. The fourth-order valence-corrected chi connectivity index (χ4v) is 3.29. The van der Waals surface area contributed by atoms with E-state index in [-0.39, 0.29) is 11.5 Å². The molecule has 0 saturated carbocycles. The fourth-order valence-electron chi connectivity index (χ4n) is 3.29. The molecule has 0 heterocycles. The Morgan fingerprint density at radius 1 is 0.926 bits per heavy atom. The lowest BCUT2D eigenvalue weighted by molar-refractivity contribution is 0.666. The number of benzene rings is 3. The van der Waals surface area contributed by atoms with Crippen LogP contribution in [0.4, 0.5) is 0 Å². The second-order valence-corrected chi connectivity index (χ2v) is 7.36. The second kappa shape index (κ2) is 8.71. The van der Waals surface area contributed by atoms with Gasteiger partial charge in [0.1, 0.15) is 0 Å². The van der Waals surface area contributed by atoms with Crippen LogP contribution in [-0.4, -0.2) is 13.1 Å². The van der Waals surface area contributed by atoms with Crippen LogP contribution in [0.15, 0.2) is 84.9 Å². The Labute approximate surface area is 163 Å². The van der Waals surface area contributed by atoms with Gasteiger partial charge in [0.2, 0.25) is 0 Å². The van der Waals surface area contributed by atoms with Gasteiger partial charge >= 0.3 is 0 Å². The quantitative estimate of drug-likeness (QED) is 0.597. The first-order chi connectivity index (χ1) is 13.1. The van der Waals surface area contributed by atoms with Gasteiger partial charge in [-0.3, -0.25) is 0 Å². The predicted molar refractivity (Wildman–Crippen MR) is 117 cm³/mol. The molecule has 0 bridgehead atoms. The van der Waals surface area contributed by atoms with Crippen molar-refractivity contribution in [2.45, 2.75) is 31.7 Å². The van der Waals surface area contributed by atoms with Crippen LogP contribution in [0.25, 0.3) is 10.8 Å². The smallest absolute Gasteiger partial charge is 0.0510 e. The summed E-state index contributed by atoms with van der Waals surface area (Å²) in [5, 5.41) is 6.00. The van der Waals surface area contributed by atoms with Crippen LogP contribution >= 0.6 is 0 Å². The van der Waals surface area contributed by atoms with Gasteiger partial charge in [0.05, 0.1) is 5.41 Å². The average molecular weight is 354 g/mol. The number of rotatable bonds is 5. The van der Waals surface area contributed by atoms with Crippen LogP contribution in [0.3, 0.4) is 0 Å². The summed E-state index contributed by atoms with van der Waals surface area (Å²) in [4.78, 5) is 0. The van der Waals surface area contributed by atoms with Gasteiger partial charge in [-0.05, 0) is 55.3 Å². The van der Waals surface area contributed by atoms with Crippen molar-refractivity contribution in [1.29, 1.82) is 0 Å². The van der Waals surface area contributed by atoms with Crippen LogP contribution in [0.1, 0.15) is 25.0 Å². The van der Waals surface area contributed by atoms with E-state index in [4.69, 9.17) is 0 Å². The molecule has 0 aliphatic carbocycles. The first-order valence-electron chi connectivity index (χ1n) is 9.49. The van der Waals surface area contributed by atoms with Crippen molar-refractivity contribution in [1.82, 2.24) is 5.32 Å². The Morgan fingerprint density at radius 2 is 1.63 bits per heavy atom. The minimum atomic E-state index is -0.156. The molecule has 0 spiro atoms. The lowest BCUT2D eigenvalue weighted by Crippen LogP contribution is -2.25. The molecule has 0 aliphatic heterocycles. The number of fused-ring (bicyclic) bond motifs is 1. The molecule has 0 aromatic heterocycles. The van der Waals surface area contributed by atoms with Gasteiger partial charge in [0, 0.05) is 6.04 Å². The molecule has 0 fully saturated rings. The number of allylic oxidation sites excluding steroid dienone is 1. The third-order valence-corrected chi connectivity index (χ3v) is 4.98. The van der Waals surface area contributed by atoms with E-state index in [1.54, 1.807) is 0 Å². The van der Waals surface area contributed by atoms with Crippen molar-refractivity contribution in [3.63, 3.8) is 0 Å². The number of hydrogen-bond donors (Lipinski definition) is 1. The highest BCUT2D eigenvalue weighted by Crippen LogP contribution is 2.22. The monoisotopic (exact) mass is 353 g/mol. The van der Waals surface area contributed by atoms with Crippen LogP contribution in [0.2, 0.25) is 0 Å². The molecule has 0 radical (unpaired) electrons. The zero-order valence-electron chi connectivity index (χ0n) is 16.4. The minimum Gasteiger partial charge on any atom is -0.313 e. The number of likely N-dealkylation sites (N-methyl/N-ethyl adjacent to an activating group) is 1. The molecule has 3 rings (SSSR count). The summed E-state index contributed by atoms with van der Waals surface area (Å²) in [7, 11) is 2.00. The Bertz CT molecular complexity index is 966. The molecule has 1 unspecified atom stereocenters. The number of hydrogen-bond acceptors (Lipinski definition) is 1. The molecule has 1 nitrogen and oxygen atoms in total. The van der Waals surface area contributed by atoms with Crippen molar-refractivity contribution >= 4 is 10.8 Å². The van der Waals surface area contributed by atoms with Crippen molar-refractivity contribution in [2.75, 3.05) is 7.05 Å². The topological polar surface area (TPSA) is 12.0 Å². The highest BCUT2D eigenvalue weighted by molar-refractivity contribution is 5.85. The third-order valence-electron chi connectivity index (χ3n) is 4.98. The van der Waals surface area contributed by atoms with Crippen molar-refractivity contribution in [3.05, 3.63) is 96.1 Å². The average Bonchev–Trinajstić information content (AvgIpc) is 2.71. The largest absolute Gasteiger partial charge is 0.313 e. The maximum absolute atomic E-state index is 3.39. The zero-order chi connectivity index (χ0) is 19.1. The van der Waals surface area contributed by atoms with Gasteiger partial charge in [0.15, 0.2) is 0 Å². The predicted octanol–water partition coefficient (Wildman–Crippen LogP) is 5.51. The maximum atomic E-state index is 3.39. The molecule has 0 amide bonds. The molecule has 136 valence electrons. The first kappa shape index (κ1) is 19.0. The summed E-state index contributed by atoms with van der Waals surface area (Å²) in [5.41, 5.74) is 2.44. The summed E-state index contributed by atoms with van der Waals surface area (Å²) in [5.74, 6) is 6.62. The van der Waals surface area contributed by atoms with Crippen LogP contribution in [0, 0.1) is 11.8 Å². The van der Waals surface area contributed by atoms with E-state index in [0.717, 1.165) is 6.42 Å². The maximum Gasteiger partial charge on any atom is 0.0510 e. The molecular weight excluding hydrogens is 326 g/mol. The lowest BCUT2D eigenvalue weighted by Gasteiger charge is -2.17. The standard InChI is InChI=1S/C26H27N/c1-26(2,23-15-5-4-6-16-23)19-10-9-17-24(27-3)20-22-14-11-13-21-12-7-8-18-25(21)22/h4-9,11-18,24,27H,20H2,1-3H3. The van der Waals surface area contributed by atoms with E-state index in [1.165, 1.54) is 21.9 Å². The van der Waals surface area contributed by atoms with Gasteiger partial charge in [-0.25, -0.2) is 0 Å². The zero-order valence-corrected chi connectivity index (χ0v) is 16.4. The van der Waals surface area contributed by atoms with E-state index in [2.05, 4.69) is 104 Å². The summed E-state index contributed by atoms with van der Waals surface area (Å²) >= 11 is 0. The fraction of sp³-hybridized carbons (Fsp3) is 0.231. The minimum absolute atomic E-state index is 0.156. The highest BCUT2D eigenvalue weighted by atomic mass is 14.9. The van der Waals surface area contributed by atoms with Crippen molar-refractivity contribution in [3.8, 4) is 11.8 Å². The molecule has 27 heavy (non-hydrogen) atoms. The Kier molecular flexibility index (Phi) is 6.12. The van der Waals surface area contributed by atoms with Crippen LogP contribution < -0.4 is 5.32 Å². The summed E-state index contributed by atoms with van der Waals surface area (Å²) in [6.45, 7) is 4.32. The Balaban J connectivity index is 1.72. The van der Waals surface area contributed by atoms with Crippen molar-refractivity contribution in [2.24, 2.45) is 0 Å². The van der Waals surface area contributed by atoms with E-state index < -0.39 is 0 Å². The molecule has 1 N–H and O–H groups in total. The van der Waals surface area contributed by atoms with Gasteiger partial charge < -0.3 is 5.32 Å². The second-order valence-electron chi connectivity index (χ2n) is 7.36. The SMILES string of the molecule is CNC(C=CC#CC(C)(C)c1ccccc1)Cc1cccc2ccccc12. The molecule has 0 saturated heterocycles. The lowest BCUT2D eigenvalue weighted by atomic mass is 9.85. The van der Waals surface area contributed by atoms with E-state index in [1.807, 2.05) is 19.2 Å². The Hall–Kier alpha value is -2.82. The third kappa shape index (κ3) is 4.88. The molecule has 3 aromatic carbocycles. The molecule has 0 aliphatic rings. The molecule has 1 atom stereocenters. The first-order valence-corrected chi connectivity index (χ1v) is 9.49. The highest BCUT2D eigenvalue weighted by Gasteiger charge is 2.16. The van der Waals surface area contributed by atoms with Crippen LogP contribution in [0.5, 0.6) is 0 Å². The molecular formula is C26H27N. The number of nitrogens with one attached hydrogen (secondary N) is 1. The van der Waals surface area contributed by atoms with Gasteiger partial charge in [-0.15, -0.1) is 0 Å². The van der Waals surface area contributed by atoms with Gasteiger partial charge in [-0.2, -0.15) is 0 Å². The van der Waals surface area contributed by atoms with E-state index in [0.29, 0.717) is 0 Å². The summed E-state index contributed by atoms with van der Waals surface area (Å²) in [6.07, 6.45) is 5.09. The van der Waals surface area contributed by atoms with Gasteiger partial charge in [-0.1, -0.05) is 90.7 Å². The van der Waals surface area contributed by atoms with E-state index >= 15 is 0 Å². The molecule has 3 aromatic rings.